The van der Waals surface area contributed by atoms with Crippen LogP contribution >= 0.6 is 0 Å². The summed E-state index contributed by atoms with van der Waals surface area (Å²) in [5, 5.41) is 7.26. The molecule has 1 aromatic rings. The zero-order valence-electron chi connectivity index (χ0n) is 10.1. The molecule has 5 nitrogen and oxygen atoms in total. The average molecular weight is 257 g/mol. The lowest BCUT2D eigenvalue weighted by Gasteiger charge is -2.04. The van der Waals surface area contributed by atoms with Crippen LogP contribution in [0.15, 0.2) is 6.20 Å². The number of rotatable bonds is 6. The molecule has 0 fully saturated rings. The van der Waals surface area contributed by atoms with Gasteiger partial charge in [0.25, 0.3) is 10.0 Å². The summed E-state index contributed by atoms with van der Waals surface area (Å²) in [5.74, 6) is 0.195. The zero-order chi connectivity index (χ0) is 12.3. The highest BCUT2D eigenvalue weighted by Crippen LogP contribution is 2.14. The molecule has 0 aromatic carbocycles. The van der Waals surface area contributed by atoms with Crippen molar-refractivity contribution >= 4 is 10.0 Å². The van der Waals surface area contributed by atoms with E-state index < -0.39 is 10.0 Å². The highest BCUT2D eigenvalue weighted by molar-refractivity contribution is 7.89. The molecular formula is C11H19N3O2S. The van der Waals surface area contributed by atoms with Crippen LogP contribution in [0.25, 0.3) is 0 Å². The van der Waals surface area contributed by atoms with Gasteiger partial charge < -0.3 is 5.32 Å². The van der Waals surface area contributed by atoms with Crippen molar-refractivity contribution in [3.63, 3.8) is 0 Å². The Labute approximate surface area is 102 Å². The monoisotopic (exact) mass is 257 g/mol. The molecule has 0 amide bonds. The lowest BCUT2D eigenvalue weighted by molar-refractivity contribution is 0.571. The van der Waals surface area contributed by atoms with Gasteiger partial charge in [-0.05, 0) is 6.42 Å². The van der Waals surface area contributed by atoms with E-state index in [0.717, 1.165) is 47.6 Å². The number of unbranched alkanes of at least 4 members (excludes halogenated alkanes) is 3. The molecule has 1 N–H and O–H groups in total. The summed E-state index contributed by atoms with van der Waals surface area (Å²) in [6.07, 6.45) is 5.54. The van der Waals surface area contributed by atoms with E-state index in [1.807, 2.05) is 0 Å². The van der Waals surface area contributed by atoms with Crippen LogP contribution in [0.2, 0.25) is 0 Å². The van der Waals surface area contributed by atoms with Crippen LogP contribution in [0, 0.1) is 0 Å². The van der Waals surface area contributed by atoms with Gasteiger partial charge in [0.15, 0.2) is 0 Å². The van der Waals surface area contributed by atoms with Crippen LogP contribution < -0.4 is 5.32 Å². The Morgan fingerprint density at radius 3 is 2.88 bits per heavy atom. The minimum Gasteiger partial charge on any atom is -0.307 e. The molecule has 0 saturated heterocycles. The third-order valence-corrected chi connectivity index (χ3v) is 4.57. The quantitative estimate of drug-likeness (QED) is 0.779. The fourth-order valence-corrected chi connectivity index (χ4v) is 3.25. The van der Waals surface area contributed by atoms with Crippen molar-refractivity contribution in [3.05, 3.63) is 17.5 Å². The molecule has 0 aliphatic carbocycles. The Morgan fingerprint density at radius 1 is 1.35 bits per heavy atom. The van der Waals surface area contributed by atoms with E-state index in [9.17, 15) is 8.42 Å². The number of hydrogen-bond donors (Lipinski definition) is 1. The lowest BCUT2D eigenvalue weighted by Crippen LogP contribution is -2.18. The van der Waals surface area contributed by atoms with Crippen molar-refractivity contribution in [2.45, 2.75) is 45.7 Å². The Hall–Kier alpha value is -0.880. The van der Waals surface area contributed by atoms with E-state index in [1.165, 1.54) is 0 Å². The Bertz CT molecular complexity index is 457. The highest BCUT2D eigenvalue weighted by atomic mass is 32.2. The van der Waals surface area contributed by atoms with E-state index >= 15 is 0 Å². The molecule has 0 bridgehead atoms. The summed E-state index contributed by atoms with van der Waals surface area (Å²) >= 11 is 0. The fraction of sp³-hybridized carbons (Fsp3) is 0.727. The first-order valence-electron chi connectivity index (χ1n) is 6.15. The summed E-state index contributed by atoms with van der Waals surface area (Å²) < 4.78 is 25.1. The van der Waals surface area contributed by atoms with Gasteiger partial charge in [0.05, 0.1) is 11.4 Å². The number of nitrogens with one attached hydrogen (secondary N) is 1. The van der Waals surface area contributed by atoms with Gasteiger partial charge in [-0.3, -0.25) is 0 Å². The van der Waals surface area contributed by atoms with E-state index in [1.54, 1.807) is 6.20 Å². The van der Waals surface area contributed by atoms with Gasteiger partial charge in [-0.1, -0.05) is 26.2 Å². The number of hydrogen-bond acceptors (Lipinski definition) is 4. The normalized spacial score (nSPS) is 15.1. The largest absolute Gasteiger partial charge is 0.307 e. The summed E-state index contributed by atoms with van der Waals surface area (Å²) in [7, 11) is -3.24. The first-order chi connectivity index (χ1) is 8.13. The summed E-state index contributed by atoms with van der Waals surface area (Å²) in [5.41, 5.74) is 1.87. The zero-order valence-corrected chi connectivity index (χ0v) is 11.0. The summed E-state index contributed by atoms with van der Waals surface area (Å²) in [4.78, 5) is 0. The predicted molar refractivity (Wildman–Crippen MR) is 66.1 cm³/mol. The van der Waals surface area contributed by atoms with Crippen molar-refractivity contribution in [1.82, 2.24) is 14.5 Å². The number of aromatic nitrogens is 2. The summed E-state index contributed by atoms with van der Waals surface area (Å²) in [6.45, 7) is 3.51. The molecule has 1 aromatic heterocycles. The van der Waals surface area contributed by atoms with Gasteiger partial charge in [-0.2, -0.15) is 9.19 Å². The maximum absolute atomic E-state index is 12.0. The van der Waals surface area contributed by atoms with Crippen molar-refractivity contribution < 1.29 is 8.42 Å². The summed E-state index contributed by atoms with van der Waals surface area (Å²) in [6, 6.07) is 0. The number of fused-ring (bicyclic) bond motifs is 1. The van der Waals surface area contributed by atoms with Crippen LogP contribution in [0.1, 0.15) is 43.9 Å². The minimum absolute atomic E-state index is 0.195. The molecule has 0 saturated carbocycles. The molecule has 0 atom stereocenters. The van der Waals surface area contributed by atoms with Crippen molar-refractivity contribution in [2.75, 3.05) is 5.75 Å². The SMILES string of the molecule is CCCCCCS(=O)(=O)n1cc2c(n1)CNC2. The molecule has 1 aliphatic rings. The smallest absolute Gasteiger partial charge is 0.253 e. The molecule has 17 heavy (non-hydrogen) atoms. The molecule has 6 heteroatoms. The number of nitrogens with zero attached hydrogens (tertiary/aromatic N) is 2. The van der Waals surface area contributed by atoms with Crippen LogP contribution in [0.5, 0.6) is 0 Å². The molecule has 0 radical (unpaired) electrons. The third-order valence-electron chi connectivity index (χ3n) is 3.00. The lowest BCUT2D eigenvalue weighted by atomic mass is 10.2. The van der Waals surface area contributed by atoms with Crippen LogP contribution in [-0.4, -0.2) is 23.4 Å². The maximum atomic E-state index is 12.0. The second-order valence-corrected chi connectivity index (χ2v) is 6.40. The van der Waals surface area contributed by atoms with Gasteiger partial charge in [-0.25, -0.2) is 8.42 Å². The van der Waals surface area contributed by atoms with Crippen molar-refractivity contribution in [3.8, 4) is 0 Å². The third kappa shape index (κ3) is 2.87. The molecule has 2 rings (SSSR count). The van der Waals surface area contributed by atoms with Crippen LogP contribution in [0.4, 0.5) is 0 Å². The van der Waals surface area contributed by atoms with Crippen LogP contribution in [0.3, 0.4) is 0 Å². The molecular weight excluding hydrogens is 238 g/mol. The Balaban J connectivity index is 1.99. The maximum Gasteiger partial charge on any atom is 0.253 e. The molecule has 2 heterocycles. The second-order valence-electron chi connectivity index (χ2n) is 4.45. The molecule has 0 unspecified atom stereocenters. The van der Waals surface area contributed by atoms with Gasteiger partial charge in [0.2, 0.25) is 0 Å². The topological polar surface area (TPSA) is 64.0 Å². The second kappa shape index (κ2) is 5.18. The highest BCUT2D eigenvalue weighted by Gasteiger charge is 2.20. The Kier molecular flexibility index (Phi) is 3.83. The average Bonchev–Trinajstić information content (AvgIpc) is 2.84. The molecule has 0 spiro atoms. The predicted octanol–water partition coefficient (Wildman–Crippen LogP) is 1.24. The van der Waals surface area contributed by atoms with Gasteiger partial charge >= 0.3 is 0 Å². The fourth-order valence-electron chi connectivity index (χ4n) is 1.98. The molecule has 96 valence electrons. The van der Waals surface area contributed by atoms with E-state index in [4.69, 9.17) is 0 Å². The van der Waals surface area contributed by atoms with Crippen molar-refractivity contribution in [1.29, 1.82) is 0 Å². The van der Waals surface area contributed by atoms with Gasteiger partial charge in [0, 0.05) is 24.8 Å². The van der Waals surface area contributed by atoms with E-state index in [2.05, 4.69) is 17.3 Å². The first-order valence-corrected chi connectivity index (χ1v) is 7.76. The molecule has 1 aliphatic heterocycles. The standard InChI is InChI=1S/C11H19N3O2S/c1-2-3-4-5-6-17(15,16)14-9-10-7-12-8-11(10)13-14/h9,12H,2-8H2,1H3. The van der Waals surface area contributed by atoms with Crippen molar-refractivity contribution in [2.24, 2.45) is 0 Å². The van der Waals surface area contributed by atoms with Crippen LogP contribution in [-0.2, 0) is 23.1 Å². The van der Waals surface area contributed by atoms with Gasteiger partial charge in [0.1, 0.15) is 0 Å². The van der Waals surface area contributed by atoms with E-state index in [0.29, 0.717) is 6.54 Å². The first kappa shape index (κ1) is 12.6. The minimum atomic E-state index is -3.24. The van der Waals surface area contributed by atoms with Gasteiger partial charge in [-0.15, -0.1) is 0 Å². The Morgan fingerprint density at radius 2 is 2.18 bits per heavy atom. The van der Waals surface area contributed by atoms with E-state index in [-0.39, 0.29) is 5.75 Å².